The average Bonchev–Trinajstić information content (AvgIpc) is 3.00. The highest BCUT2D eigenvalue weighted by Gasteiger charge is 2.35. The third-order valence-electron chi connectivity index (χ3n) is 8.45. The molecule has 5 unspecified atom stereocenters. The second kappa shape index (κ2) is 21.5. The lowest BCUT2D eigenvalue weighted by atomic mass is 9.88. The summed E-state index contributed by atoms with van der Waals surface area (Å²) in [4.78, 5) is 101. The molecule has 0 radical (unpaired) electrons. The zero-order valence-electron chi connectivity index (χ0n) is 28.3. The van der Waals surface area contributed by atoms with E-state index in [9.17, 15) is 63.9 Å². The number of carboxylic acid groups (broad SMARTS) is 6. The quantitative estimate of drug-likeness (QED) is 0.0678. The highest BCUT2D eigenvalue weighted by Crippen LogP contribution is 2.19. The Bertz CT molecular complexity index is 1190. The number of urea groups is 1. The Hall–Kier alpha value is -4.60. The molecule has 21 nitrogen and oxygen atoms in total. The summed E-state index contributed by atoms with van der Waals surface area (Å²) in [6, 6.07) is -4.96. The Balaban J connectivity index is 3.17. The summed E-state index contributed by atoms with van der Waals surface area (Å²) in [6.07, 6.45) is -0.257. The van der Waals surface area contributed by atoms with Gasteiger partial charge < -0.3 is 46.6 Å². The van der Waals surface area contributed by atoms with Gasteiger partial charge in [-0.15, -0.1) is 0 Å². The smallest absolute Gasteiger partial charge is 0.327 e. The van der Waals surface area contributed by atoms with Crippen LogP contribution >= 0.6 is 0 Å². The molecule has 1 aliphatic heterocycles. The van der Waals surface area contributed by atoms with E-state index in [0.29, 0.717) is 0 Å². The summed E-state index contributed by atoms with van der Waals surface area (Å²) in [6.45, 7) is 3.78. The Labute approximate surface area is 288 Å². The van der Waals surface area contributed by atoms with Gasteiger partial charge in [0.25, 0.3) is 0 Å². The number of aliphatic carboxylic acids is 6. The molecule has 9 N–H and O–H groups in total. The first-order valence-electron chi connectivity index (χ1n) is 15.9. The Morgan fingerprint density at radius 2 is 1.00 bits per heavy atom. The number of rotatable bonds is 18. The lowest BCUT2D eigenvalue weighted by molar-refractivity contribution is -0.145. The van der Waals surface area contributed by atoms with Crippen LogP contribution in [0.15, 0.2) is 0 Å². The van der Waals surface area contributed by atoms with Gasteiger partial charge in [-0.05, 0) is 19.3 Å². The molecule has 0 bridgehead atoms. The van der Waals surface area contributed by atoms with E-state index < -0.39 is 84.3 Å². The normalized spacial score (nSPS) is 18.9. The first-order valence-corrected chi connectivity index (χ1v) is 15.9. The molecule has 1 saturated heterocycles. The van der Waals surface area contributed by atoms with Crippen molar-refractivity contribution >= 4 is 47.8 Å². The summed E-state index contributed by atoms with van der Waals surface area (Å²) >= 11 is 0. The molecule has 1 rings (SSSR count). The van der Waals surface area contributed by atoms with Crippen LogP contribution in [-0.2, 0) is 33.6 Å². The molecular weight excluding hydrogens is 670 g/mol. The van der Waals surface area contributed by atoms with Crippen LogP contribution in [0.2, 0.25) is 0 Å². The number of nitrogens with zero attached hydrogens (tertiary/aromatic N) is 4. The highest BCUT2D eigenvalue weighted by atomic mass is 16.4. The van der Waals surface area contributed by atoms with E-state index in [2.05, 4.69) is 10.6 Å². The Morgan fingerprint density at radius 3 is 1.36 bits per heavy atom. The molecule has 0 aromatic rings. The topological polar surface area (TPSA) is 307 Å². The van der Waals surface area contributed by atoms with Gasteiger partial charge in [-0.2, -0.15) is 0 Å². The largest absolute Gasteiger partial charge is 0.480 e. The zero-order valence-corrected chi connectivity index (χ0v) is 28.3. The van der Waals surface area contributed by atoms with Crippen molar-refractivity contribution in [1.82, 2.24) is 35.6 Å². The molecule has 1 aliphatic rings. The van der Waals surface area contributed by atoms with Crippen molar-refractivity contribution in [2.75, 3.05) is 78.5 Å². The fraction of sp³-hybridized carbons (Fsp3) is 0.724. The van der Waals surface area contributed by atoms with E-state index in [0.717, 1.165) is 0 Å². The Morgan fingerprint density at radius 1 is 0.580 bits per heavy atom. The number of hydrogen-bond acceptors (Lipinski definition) is 12. The number of hydrogen-bond donors (Lipinski definition) is 9. The van der Waals surface area contributed by atoms with Gasteiger partial charge in [0.2, 0.25) is 5.91 Å². The molecule has 21 heteroatoms. The fourth-order valence-electron chi connectivity index (χ4n) is 5.31. The minimum Gasteiger partial charge on any atom is -0.480 e. The maximum atomic E-state index is 13.3. The summed E-state index contributed by atoms with van der Waals surface area (Å²) in [5.41, 5.74) is 0. The standard InChI is InChI=1S/C29H49N7O14/c1-17(12-20(27(46)47)31-29(50)30-13-21(37)38)18(2)26(45)32-25(28(48)49)19(3)36-10-8-34(15-23(41)42)6-4-33(14-22(39)40)5-7-35(9-11-36)16-24(43)44/h17-20,25H,4-16H2,1-3H3,(H,32,45)(H,37,38)(H,39,40)(H,41,42)(H,43,44)(H,46,47)(H,48,49)(H2,30,31,50). The summed E-state index contributed by atoms with van der Waals surface area (Å²) < 4.78 is 0. The monoisotopic (exact) mass is 719 g/mol. The number of amides is 3. The van der Waals surface area contributed by atoms with Crippen molar-refractivity contribution in [2.24, 2.45) is 11.8 Å². The average molecular weight is 720 g/mol. The molecule has 0 aromatic heterocycles. The van der Waals surface area contributed by atoms with Gasteiger partial charge in [-0.25, -0.2) is 14.4 Å². The molecular formula is C29H49N7O14. The summed E-state index contributed by atoms with van der Waals surface area (Å²) in [5.74, 6) is -9.94. The van der Waals surface area contributed by atoms with Crippen LogP contribution in [0.5, 0.6) is 0 Å². The second-order valence-corrected chi connectivity index (χ2v) is 12.2. The molecule has 1 heterocycles. The van der Waals surface area contributed by atoms with E-state index in [-0.39, 0.29) is 78.4 Å². The number of carboxylic acids is 6. The second-order valence-electron chi connectivity index (χ2n) is 12.2. The van der Waals surface area contributed by atoms with Crippen LogP contribution in [-0.4, -0.2) is 195 Å². The molecule has 0 spiro atoms. The lowest BCUT2D eigenvalue weighted by Gasteiger charge is -2.37. The van der Waals surface area contributed by atoms with Crippen molar-refractivity contribution in [3.05, 3.63) is 0 Å². The first kappa shape index (κ1) is 43.4. The van der Waals surface area contributed by atoms with Gasteiger partial charge in [0.1, 0.15) is 18.6 Å². The van der Waals surface area contributed by atoms with Gasteiger partial charge in [0.15, 0.2) is 0 Å². The molecule has 0 aromatic carbocycles. The molecule has 284 valence electrons. The first-order chi connectivity index (χ1) is 23.3. The number of carbonyl (C=O) groups excluding carboxylic acids is 2. The SMILES string of the molecule is CC(CC(NC(=O)NCC(=O)O)C(=O)O)C(C)C(=O)NC(C(=O)O)C(C)N1CCN(CC(=O)O)CCN(CC(=O)O)CCN(CC(=O)O)CC1. The van der Waals surface area contributed by atoms with E-state index in [1.165, 1.54) is 20.8 Å². The minimum absolute atomic E-state index is 0.107. The maximum Gasteiger partial charge on any atom is 0.327 e. The van der Waals surface area contributed by atoms with Gasteiger partial charge in [-0.1, -0.05) is 13.8 Å². The van der Waals surface area contributed by atoms with Crippen LogP contribution in [0.1, 0.15) is 27.2 Å². The van der Waals surface area contributed by atoms with Gasteiger partial charge in [-0.3, -0.25) is 43.6 Å². The van der Waals surface area contributed by atoms with Crippen LogP contribution < -0.4 is 16.0 Å². The zero-order chi connectivity index (χ0) is 38.1. The fourth-order valence-corrected chi connectivity index (χ4v) is 5.31. The van der Waals surface area contributed by atoms with E-state index in [1.54, 1.807) is 19.6 Å². The van der Waals surface area contributed by atoms with Crippen LogP contribution in [0.25, 0.3) is 0 Å². The summed E-state index contributed by atoms with van der Waals surface area (Å²) in [5, 5.41) is 63.3. The van der Waals surface area contributed by atoms with Crippen molar-refractivity contribution in [1.29, 1.82) is 0 Å². The number of carbonyl (C=O) groups is 8. The predicted octanol–water partition coefficient (Wildman–Crippen LogP) is -3.08. The highest BCUT2D eigenvalue weighted by molar-refractivity contribution is 5.86. The van der Waals surface area contributed by atoms with Crippen molar-refractivity contribution < 1.29 is 69.0 Å². The van der Waals surface area contributed by atoms with Gasteiger partial charge in [0.05, 0.1) is 19.6 Å². The number of nitrogens with one attached hydrogen (secondary N) is 3. The van der Waals surface area contributed by atoms with Crippen LogP contribution in [0, 0.1) is 11.8 Å². The maximum absolute atomic E-state index is 13.3. The molecule has 0 aliphatic carbocycles. The molecule has 5 atom stereocenters. The predicted molar refractivity (Wildman–Crippen MR) is 171 cm³/mol. The molecule has 50 heavy (non-hydrogen) atoms. The third-order valence-corrected chi connectivity index (χ3v) is 8.45. The van der Waals surface area contributed by atoms with Gasteiger partial charge >= 0.3 is 41.8 Å². The molecule has 0 saturated carbocycles. The van der Waals surface area contributed by atoms with Crippen molar-refractivity contribution in [2.45, 2.75) is 45.3 Å². The molecule has 3 amide bonds. The summed E-state index contributed by atoms with van der Waals surface area (Å²) in [7, 11) is 0. The van der Waals surface area contributed by atoms with E-state index in [1.807, 2.05) is 5.32 Å². The van der Waals surface area contributed by atoms with Crippen molar-refractivity contribution in [3.8, 4) is 0 Å². The lowest BCUT2D eigenvalue weighted by Crippen LogP contribution is -2.58. The van der Waals surface area contributed by atoms with Crippen LogP contribution in [0.3, 0.4) is 0 Å². The Kier molecular flexibility index (Phi) is 18.7. The molecule has 1 fully saturated rings. The minimum atomic E-state index is -1.51. The third kappa shape index (κ3) is 16.7. The van der Waals surface area contributed by atoms with Gasteiger partial charge in [0, 0.05) is 64.3 Å². The van der Waals surface area contributed by atoms with E-state index >= 15 is 0 Å². The van der Waals surface area contributed by atoms with E-state index in [4.69, 9.17) is 5.11 Å². The van der Waals surface area contributed by atoms with Crippen LogP contribution in [0.4, 0.5) is 4.79 Å². The van der Waals surface area contributed by atoms with Crippen molar-refractivity contribution in [3.63, 3.8) is 0 Å².